The fourth-order valence-electron chi connectivity index (χ4n) is 4.34. The Hall–Kier alpha value is -3.97. The normalized spacial score (nSPS) is 17.4. The quantitative estimate of drug-likeness (QED) is 0.457. The largest absolute Gasteiger partial charge is 0.489 e. The molecule has 10 nitrogen and oxygen atoms in total. The van der Waals surface area contributed by atoms with E-state index in [0.717, 1.165) is 12.1 Å². The van der Waals surface area contributed by atoms with Crippen molar-refractivity contribution in [3.63, 3.8) is 0 Å². The zero-order valence-corrected chi connectivity index (χ0v) is 19.4. The fourth-order valence-corrected chi connectivity index (χ4v) is 4.34. The summed E-state index contributed by atoms with van der Waals surface area (Å²) in [5, 5.41) is 21.2. The smallest absolute Gasteiger partial charge is 0.416 e. The molecule has 2 aliphatic heterocycles. The molecule has 5 rings (SSSR count). The van der Waals surface area contributed by atoms with Gasteiger partial charge >= 0.3 is 12.2 Å². The van der Waals surface area contributed by atoms with Crippen LogP contribution >= 0.6 is 0 Å². The third kappa shape index (κ3) is 5.13. The van der Waals surface area contributed by atoms with Crippen LogP contribution in [0.15, 0.2) is 48.9 Å². The molecule has 1 aromatic carbocycles. The monoisotopic (exact) mass is 516 g/mol. The van der Waals surface area contributed by atoms with Gasteiger partial charge < -0.3 is 25.2 Å². The molecule has 2 bridgehead atoms. The van der Waals surface area contributed by atoms with Crippen molar-refractivity contribution in [2.75, 3.05) is 41.4 Å². The van der Waals surface area contributed by atoms with Crippen LogP contribution < -0.4 is 19.9 Å². The van der Waals surface area contributed by atoms with Crippen LogP contribution in [0.1, 0.15) is 12.0 Å². The number of alkyl halides is 3. The van der Waals surface area contributed by atoms with E-state index in [9.17, 15) is 23.1 Å². The highest BCUT2D eigenvalue weighted by atomic mass is 19.4. The highest BCUT2D eigenvalue weighted by Crippen LogP contribution is 2.40. The molecule has 0 radical (unpaired) electrons. The van der Waals surface area contributed by atoms with Gasteiger partial charge in [-0.15, -0.1) is 0 Å². The van der Waals surface area contributed by atoms with Crippen molar-refractivity contribution in [1.82, 2.24) is 15.0 Å². The van der Waals surface area contributed by atoms with Crippen LogP contribution in [0.5, 0.6) is 5.75 Å². The number of rotatable bonds is 6. The Kier molecular flexibility index (Phi) is 6.56. The number of aliphatic hydroxyl groups is 2. The number of hydrogen-bond acceptors (Lipinski definition) is 8. The summed E-state index contributed by atoms with van der Waals surface area (Å²) in [5.41, 5.74) is 0.318. The summed E-state index contributed by atoms with van der Waals surface area (Å²) in [6, 6.07) is 5.58. The van der Waals surface area contributed by atoms with Crippen LogP contribution in [0.4, 0.5) is 35.2 Å². The molecule has 0 aliphatic carbocycles. The summed E-state index contributed by atoms with van der Waals surface area (Å²) in [5.74, 6) is 0.662. The van der Waals surface area contributed by atoms with E-state index in [1.165, 1.54) is 41.7 Å². The molecule has 1 saturated heterocycles. The Balaban J connectivity index is 1.42. The number of urea groups is 1. The second kappa shape index (κ2) is 9.82. The van der Waals surface area contributed by atoms with Crippen molar-refractivity contribution in [2.45, 2.75) is 24.7 Å². The van der Waals surface area contributed by atoms with Gasteiger partial charge in [0.25, 0.3) is 0 Å². The van der Waals surface area contributed by atoms with E-state index in [4.69, 9.17) is 9.84 Å². The lowest BCUT2D eigenvalue weighted by Crippen LogP contribution is -2.48. The predicted octanol–water partition coefficient (Wildman–Crippen LogP) is 2.92. The Morgan fingerprint density at radius 1 is 1.24 bits per heavy atom. The maximum atomic E-state index is 13.4. The first-order valence-electron chi connectivity index (χ1n) is 11.5. The number of nitrogens with zero attached hydrogens (tertiary/aromatic N) is 5. The average molecular weight is 516 g/mol. The Labute approximate surface area is 209 Å². The number of halogens is 3. The molecule has 2 aliphatic rings. The van der Waals surface area contributed by atoms with Gasteiger partial charge in [0, 0.05) is 24.7 Å². The van der Waals surface area contributed by atoms with Crippen LogP contribution in [0.25, 0.3) is 11.4 Å². The molecule has 2 aromatic heterocycles. The lowest BCUT2D eigenvalue weighted by molar-refractivity contribution is -0.137. The minimum absolute atomic E-state index is 0.0738. The van der Waals surface area contributed by atoms with E-state index in [1.54, 1.807) is 0 Å². The van der Waals surface area contributed by atoms with Crippen LogP contribution in [-0.4, -0.2) is 69.6 Å². The van der Waals surface area contributed by atoms with Crippen LogP contribution in [0, 0.1) is 0 Å². The number of nitrogens with one attached hydrogen (secondary N) is 1. The van der Waals surface area contributed by atoms with Gasteiger partial charge in [-0.25, -0.2) is 14.8 Å². The SMILES string of the molecule is O=C(Nc1cncc(OC[C@H](O)CO)c1)N1c2nc(-c3cccc(C(F)(F)F)c3)ncc2N2CC[C@H]1C2. The third-order valence-corrected chi connectivity index (χ3v) is 6.13. The standard InChI is InChI=1S/C24H23F3N6O4/c25-24(26,27)15-3-1-2-14(6-15)21-29-10-20-22(31-21)33(17-4-5-32(20)11-17)23(36)30-16-7-19(9-28-8-16)37-13-18(35)12-34/h1-3,6-10,17-18,34-35H,4-5,11-13H2,(H,30,36)/t17-,18+/m0/s1. The number of benzene rings is 1. The van der Waals surface area contributed by atoms with Crippen molar-refractivity contribution in [3.8, 4) is 17.1 Å². The van der Waals surface area contributed by atoms with E-state index in [1.807, 2.05) is 4.90 Å². The second-order valence-corrected chi connectivity index (χ2v) is 8.73. The van der Waals surface area contributed by atoms with Gasteiger partial charge in [0.15, 0.2) is 11.6 Å². The third-order valence-electron chi connectivity index (χ3n) is 6.13. The summed E-state index contributed by atoms with van der Waals surface area (Å²) in [4.78, 5) is 29.8. The average Bonchev–Trinajstić information content (AvgIpc) is 3.31. The van der Waals surface area contributed by atoms with Crippen molar-refractivity contribution in [3.05, 3.63) is 54.5 Å². The Morgan fingerprint density at radius 3 is 2.86 bits per heavy atom. The summed E-state index contributed by atoms with van der Waals surface area (Å²) in [7, 11) is 0. The van der Waals surface area contributed by atoms with Gasteiger partial charge in [0.2, 0.25) is 0 Å². The molecule has 2 amide bonds. The van der Waals surface area contributed by atoms with Gasteiger partial charge in [-0.2, -0.15) is 13.2 Å². The molecule has 0 unspecified atom stereocenters. The molecule has 0 saturated carbocycles. The summed E-state index contributed by atoms with van der Waals surface area (Å²) in [6.45, 7) is 0.655. The van der Waals surface area contributed by atoms with E-state index in [-0.39, 0.29) is 29.8 Å². The number of ether oxygens (including phenoxy) is 1. The molecular formula is C24H23F3N6O4. The van der Waals surface area contributed by atoms with E-state index >= 15 is 0 Å². The molecule has 3 aromatic rings. The molecule has 4 heterocycles. The number of carbonyl (C=O) groups is 1. The van der Waals surface area contributed by atoms with Crippen LogP contribution in [0.2, 0.25) is 0 Å². The first-order chi connectivity index (χ1) is 17.7. The van der Waals surface area contributed by atoms with E-state index < -0.39 is 30.5 Å². The van der Waals surface area contributed by atoms with Gasteiger partial charge in [-0.05, 0) is 18.6 Å². The maximum Gasteiger partial charge on any atom is 0.416 e. The molecule has 1 fully saturated rings. The van der Waals surface area contributed by atoms with E-state index in [2.05, 4.69) is 20.3 Å². The summed E-state index contributed by atoms with van der Waals surface area (Å²) >= 11 is 0. The highest BCUT2D eigenvalue weighted by Gasteiger charge is 2.41. The topological polar surface area (TPSA) is 124 Å². The lowest BCUT2D eigenvalue weighted by atomic mass is 10.1. The molecule has 13 heteroatoms. The fraction of sp³-hybridized carbons (Fsp3) is 0.333. The minimum Gasteiger partial charge on any atom is -0.489 e. The number of amides is 2. The van der Waals surface area contributed by atoms with Crippen molar-refractivity contribution < 1.29 is 32.9 Å². The van der Waals surface area contributed by atoms with Gasteiger partial charge in [-0.1, -0.05) is 12.1 Å². The number of hydrogen-bond donors (Lipinski definition) is 3. The molecular weight excluding hydrogens is 493 g/mol. The van der Waals surface area contributed by atoms with Crippen molar-refractivity contribution in [2.24, 2.45) is 0 Å². The number of carbonyl (C=O) groups excluding carboxylic acids is 1. The zero-order valence-electron chi connectivity index (χ0n) is 19.4. The Bertz CT molecular complexity index is 1310. The summed E-state index contributed by atoms with van der Waals surface area (Å²) < 4.78 is 45.1. The van der Waals surface area contributed by atoms with E-state index in [0.29, 0.717) is 36.7 Å². The minimum atomic E-state index is -4.51. The summed E-state index contributed by atoms with van der Waals surface area (Å²) in [6.07, 6.45) is -0.527. The van der Waals surface area contributed by atoms with Gasteiger partial charge in [-0.3, -0.25) is 9.88 Å². The number of aromatic nitrogens is 3. The molecule has 194 valence electrons. The Morgan fingerprint density at radius 2 is 2.08 bits per heavy atom. The van der Waals surface area contributed by atoms with Gasteiger partial charge in [0.1, 0.15) is 18.5 Å². The number of fused-ring (bicyclic) bond motifs is 4. The molecule has 2 atom stereocenters. The zero-order chi connectivity index (χ0) is 26.2. The van der Waals surface area contributed by atoms with Crippen LogP contribution in [0.3, 0.4) is 0 Å². The molecule has 0 spiro atoms. The molecule has 3 N–H and O–H groups in total. The number of pyridine rings is 1. The van der Waals surface area contributed by atoms with Gasteiger partial charge in [0.05, 0.1) is 48.2 Å². The number of anilines is 3. The molecule has 37 heavy (non-hydrogen) atoms. The number of aliphatic hydroxyl groups excluding tert-OH is 2. The highest BCUT2D eigenvalue weighted by molar-refractivity contribution is 6.04. The van der Waals surface area contributed by atoms with Crippen molar-refractivity contribution >= 4 is 23.2 Å². The lowest BCUT2D eigenvalue weighted by Gasteiger charge is -2.35. The van der Waals surface area contributed by atoms with Crippen molar-refractivity contribution in [1.29, 1.82) is 0 Å². The first kappa shape index (κ1) is 24.7. The van der Waals surface area contributed by atoms with Crippen LogP contribution in [-0.2, 0) is 6.18 Å². The first-order valence-corrected chi connectivity index (χ1v) is 11.5. The predicted molar refractivity (Wildman–Crippen MR) is 127 cm³/mol. The second-order valence-electron chi connectivity index (χ2n) is 8.73. The maximum absolute atomic E-state index is 13.4.